The molecule has 1 amide bonds. The predicted molar refractivity (Wildman–Crippen MR) is 128 cm³/mol. The molecule has 0 radical (unpaired) electrons. The van der Waals surface area contributed by atoms with Gasteiger partial charge in [0.15, 0.2) is 9.84 Å². The van der Waals surface area contributed by atoms with E-state index in [1.165, 1.54) is 5.56 Å². The molecule has 3 aromatic rings. The lowest BCUT2D eigenvalue weighted by Crippen LogP contribution is -2.44. The SMILES string of the molecule is Cc1nn([C@@H]2CCS(=O)(=O)C2)c(C)c1[C@H]1Nc2ccccc2C(=O)N1CCc1ccccc1. The van der Waals surface area contributed by atoms with Gasteiger partial charge in [-0.25, -0.2) is 8.42 Å². The summed E-state index contributed by atoms with van der Waals surface area (Å²) in [6.45, 7) is 4.46. The number of hydrogen-bond donors (Lipinski definition) is 1. The number of nitrogens with one attached hydrogen (secondary N) is 1. The second kappa shape index (κ2) is 8.33. The van der Waals surface area contributed by atoms with Gasteiger partial charge in [-0.2, -0.15) is 5.10 Å². The van der Waals surface area contributed by atoms with Crippen molar-refractivity contribution in [3.8, 4) is 0 Å². The van der Waals surface area contributed by atoms with Crippen molar-refractivity contribution < 1.29 is 13.2 Å². The molecule has 7 nitrogen and oxygen atoms in total. The fraction of sp³-hybridized carbons (Fsp3) is 0.360. The Balaban J connectivity index is 1.52. The first-order valence-electron chi connectivity index (χ1n) is 11.3. The van der Waals surface area contributed by atoms with Crippen LogP contribution in [0.2, 0.25) is 0 Å². The van der Waals surface area contributed by atoms with Gasteiger partial charge in [0.25, 0.3) is 5.91 Å². The number of amides is 1. The van der Waals surface area contributed by atoms with Crippen LogP contribution in [-0.2, 0) is 16.3 Å². The lowest BCUT2D eigenvalue weighted by atomic mass is 10.0. The summed E-state index contributed by atoms with van der Waals surface area (Å²) < 4.78 is 26.0. The van der Waals surface area contributed by atoms with E-state index in [0.29, 0.717) is 18.5 Å². The summed E-state index contributed by atoms with van der Waals surface area (Å²) in [6.07, 6.45) is 0.935. The van der Waals surface area contributed by atoms with Crippen molar-refractivity contribution in [2.75, 3.05) is 23.4 Å². The number of carbonyl (C=O) groups excluding carboxylic acids is 1. The molecule has 1 saturated heterocycles. The third kappa shape index (κ3) is 4.04. The van der Waals surface area contributed by atoms with E-state index >= 15 is 0 Å². The summed E-state index contributed by atoms with van der Waals surface area (Å²) in [4.78, 5) is 15.4. The maximum atomic E-state index is 13.6. The number of aromatic nitrogens is 2. The highest BCUT2D eigenvalue weighted by molar-refractivity contribution is 7.91. The smallest absolute Gasteiger partial charge is 0.257 e. The van der Waals surface area contributed by atoms with Crippen LogP contribution in [-0.4, -0.2) is 47.1 Å². The Bertz CT molecular complexity index is 1300. The Kier molecular flexibility index (Phi) is 5.48. The molecule has 2 aliphatic heterocycles. The molecule has 2 atom stereocenters. The van der Waals surface area contributed by atoms with Crippen molar-refractivity contribution in [2.45, 2.75) is 38.9 Å². The minimum atomic E-state index is -3.03. The van der Waals surface area contributed by atoms with Crippen LogP contribution in [0.1, 0.15) is 51.5 Å². The Morgan fingerprint density at radius 3 is 2.52 bits per heavy atom. The van der Waals surface area contributed by atoms with E-state index in [4.69, 9.17) is 5.10 Å². The molecule has 5 rings (SSSR count). The van der Waals surface area contributed by atoms with Gasteiger partial charge in [-0.15, -0.1) is 0 Å². The van der Waals surface area contributed by atoms with Crippen LogP contribution >= 0.6 is 0 Å². The lowest BCUT2D eigenvalue weighted by Gasteiger charge is -2.38. The van der Waals surface area contributed by atoms with Crippen LogP contribution in [0.15, 0.2) is 54.6 Å². The van der Waals surface area contributed by atoms with Crippen LogP contribution in [0.3, 0.4) is 0 Å². The van der Waals surface area contributed by atoms with Gasteiger partial charge in [0.2, 0.25) is 0 Å². The predicted octanol–water partition coefficient (Wildman–Crippen LogP) is 3.67. The minimum Gasteiger partial charge on any atom is -0.361 e. The molecule has 2 aliphatic rings. The normalized spacial score (nSPS) is 21.6. The largest absolute Gasteiger partial charge is 0.361 e. The summed E-state index contributed by atoms with van der Waals surface area (Å²) in [5.74, 6) is 0.300. The number of benzene rings is 2. The van der Waals surface area contributed by atoms with Crippen LogP contribution in [0.25, 0.3) is 0 Å². The number of nitrogens with zero attached hydrogens (tertiary/aromatic N) is 3. The fourth-order valence-corrected chi connectivity index (χ4v) is 6.73. The Morgan fingerprint density at radius 1 is 1.06 bits per heavy atom. The number of hydrogen-bond acceptors (Lipinski definition) is 5. The third-order valence-electron chi connectivity index (χ3n) is 6.72. The summed E-state index contributed by atoms with van der Waals surface area (Å²) in [5.41, 5.74) is 5.29. The van der Waals surface area contributed by atoms with Crippen molar-refractivity contribution >= 4 is 21.4 Å². The summed E-state index contributed by atoms with van der Waals surface area (Å²) in [6, 6.07) is 17.5. The zero-order valence-corrected chi connectivity index (χ0v) is 19.7. The molecular formula is C25H28N4O3S. The molecule has 172 valence electrons. The van der Waals surface area contributed by atoms with Gasteiger partial charge in [-0.1, -0.05) is 42.5 Å². The van der Waals surface area contributed by atoms with Gasteiger partial charge in [0, 0.05) is 23.5 Å². The molecular weight excluding hydrogens is 436 g/mol. The van der Waals surface area contributed by atoms with Crippen LogP contribution < -0.4 is 5.32 Å². The molecule has 1 N–H and O–H groups in total. The number of sulfone groups is 1. The van der Waals surface area contributed by atoms with Gasteiger partial charge in [0.05, 0.1) is 28.8 Å². The minimum absolute atomic E-state index is 0.0136. The molecule has 0 saturated carbocycles. The summed E-state index contributed by atoms with van der Waals surface area (Å²) in [5, 5.41) is 8.31. The Hall–Kier alpha value is -3.13. The van der Waals surface area contributed by atoms with Crippen LogP contribution in [0.5, 0.6) is 0 Å². The van der Waals surface area contributed by atoms with E-state index in [9.17, 15) is 13.2 Å². The van der Waals surface area contributed by atoms with E-state index in [0.717, 1.165) is 29.1 Å². The maximum absolute atomic E-state index is 13.6. The fourth-order valence-electron chi connectivity index (χ4n) is 5.04. The third-order valence-corrected chi connectivity index (χ3v) is 8.47. The highest BCUT2D eigenvalue weighted by Gasteiger charge is 2.37. The second-order valence-corrected chi connectivity index (χ2v) is 11.1. The van der Waals surface area contributed by atoms with Crippen molar-refractivity contribution in [3.63, 3.8) is 0 Å². The molecule has 0 spiro atoms. The molecule has 33 heavy (non-hydrogen) atoms. The van der Waals surface area contributed by atoms with Gasteiger partial charge in [-0.3, -0.25) is 9.48 Å². The molecule has 0 bridgehead atoms. The van der Waals surface area contributed by atoms with Gasteiger partial charge >= 0.3 is 0 Å². The van der Waals surface area contributed by atoms with E-state index in [2.05, 4.69) is 17.4 Å². The standard InChI is InChI=1S/C25H28N4O3S/c1-17-23(18(2)29(27-17)20-13-15-33(31,32)16-20)24-26-22-11-7-6-10-21(22)25(30)28(24)14-12-19-8-4-3-5-9-19/h3-11,20,24,26H,12-16H2,1-2H3/t20-,24+/m1/s1. The summed E-state index contributed by atoms with van der Waals surface area (Å²) >= 11 is 0. The number of carbonyl (C=O) groups is 1. The second-order valence-electron chi connectivity index (χ2n) is 8.91. The number of anilines is 1. The molecule has 0 aliphatic carbocycles. The molecule has 8 heteroatoms. The van der Waals surface area contributed by atoms with E-state index in [1.807, 2.05) is 65.9 Å². The lowest BCUT2D eigenvalue weighted by molar-refractivity contribution is 0.0684. The number of para-hydroxylation sites is 1. The van der Waals surface area contributed by atoms with Crippen LogP contribution in [0.4, 0.5) is 5.69 Å². The topological polar surface area (TPSA) is 84.3 Å². The van der Waals surface area contributed by atoms with Crippen LogP contribution in [0, 0.1) is 13.8 Å². The molecule has 1 fully saturated rings. The molecule has 2 aromatic carbocycles. The molecule has 0 unspecified atom stereocenters. The van der Waals surface area contributed by atoms with E-state index in [-0.39, 0.29) is 29.6 Å². The van der Waals surface area contributed by atoms with Crippen molar-refractivity contribution in [3.05, 3.63) is 82.7 Å². The highest BCUT2D eigenvalue weighted by Crippen LogP contribution is 2.37. The Labute approximate surface area is 194 Å². The number of aryl methyl sites for hydroxylation is 1. The average Bonchev–Trinajstić information content (AvgIpc) is 3.31. The zero-order valence-electron chi connectivity index (χ0n) is 18.9. The quantitative estimate of drug-likeness (QED) is 0.623. The average molecular weight is 465 g/mol. The Morgan fingerprint density at radius 2 is 1.79 bits per heavy atom. The van der Waals surface area contributed by atoms with Gasteiger partial charge in [-0.05, 0) is 44.4 Å². The first kappa shape index (κ1) is 21.7. The van der Waals surface area contributed by atoms with Gasteiger partial charge < -0.3 is 10.2 Å². The first-order chi connectivity index (χ1) is 15.8. The monoisotopic (exact) mass is 464 g/mol. The van der Waals surface area contributed by atoms with E-state index < -0.39 is 9.84 Å². The number of rotatable bonds is 5. The number of fused-ring (bicyclic) bond motifs is 1. The molecule has 1 aromatic heterocycles. The molecule has 3 heterocycles. The van der Waals surface area contributed by atoms with E-state index in [1.54, 1.807) is 0 Å². The highest BCUT2D eigenvalue weighted by atomic mass is 32.2. The maximum Gasteiger partial charge on any atom is 0.257 e. The van der Waals surface area contributed by atoms with Crippen molar-refractivity contribution in [2.24, 2.45) is 0 Å². The van der Waals surface area contributed by atoms with Gasteiger partial charge in [0.1, 0.15) is 6.17 Å². The zero-order chi connectivity index (χ0) is 23.2. The van der Waals surface area contributed by atoms with Crippen molar-refractivity contribution in [1.82, 2.24) is 14.7 Å². The van der Waals surface area contributed by atoms with Crippen molar-refractivity contribution in [1.29, 1.82) is 0 Å². The summed E-state index contributed by atoms with van der Waals surface area (Å²) in [7, 11) is -3.03. The first-order valence-corrected chi connectivity index (χ1v) is 13.1.